The van der Waals surface area contributed by atoms with Crippen LogP contribution in [0.15, 0.2) is 66.7 Å². The molecule has 4 rings (SSSR count). The first-order chi connectivity index (χ1) is 14.5. The predicted molar refractivity (Wildman–Crippen MR) is 115 cm³/mol. The quantitative estimate of drug-likeness (QED) is 0.535. The van der Waals surface area contributed by atoms with Gasteiger partial charge in [0.25, 0.3) is 0 Å². The van der Waals surface area contributed by atoms with Gasteiger partial charge < -0.3 is 15.2 Å². The number of aliphatic carboxylic acids is 1. The number of amides is 1. The number of ether oxygens (including phenoxy) is 1. The van der Waals surface area contributed by atoms with Crippen LogP contribution in [0.3, 0.4) is 0 Å². The van der Waals surface area contributed by atoms with Crippen LogP contribution in [0.4, 0.5) is 4.79 Å². The van der Waals surface area contributed by atoms with Gasteiger partial charge in [0.2, 0.25) is 0 Å². The molecule has 3 aromatic carbocycles. The van der Waals surface area contributed by atoms with Gasteiger partial charge in [0.15, 0.2) is 6.04 Å². The number of fused-ring (bicyclic) bond motifs is 3. The number of hydrogen-bond donors (Lipinski definition) is 2. The molecule has 0 heterocycles. The molecule has 3 aromatic rings. The zero-order valence-electron chi connectivity index (χ0n) is 15.6. The van der Waals surface area contributed by atoms with Crippen molar-refractivity contribution < 1.29 is 19.4 Å². The molecule has 152 valence electrons. The number of carboxylic acid groups (broad SMARTS) is 1. The first kappa shape index (κ1) is 20.3. The second kappa shape index (κ2) is 8.38. The van der Waals surface area contributed by atoms with Crippen molar-refractivity contribution in [2.45, 2.75) is 12.0 Å². The van der Waals surface area contributed by atoms with Gasteiger partial charge in [0.1, 0.15) is 6.61 Å². The molecule has 7 heteroatoms. The molecule has 1 aliphatic rings. The third kappa shape index (κ3) is 3.86. The van der Waals surface area contributed by atoms with E-state index in [9.17, 15) is 14.7 Å². The molecular weight excluding hydrogens is 425 g/mol. The summed E-state index contributed by atoms with van der Waals surface area (Å²) in [5.41, 5.74) is 4.59. The van der Waals surface area contributed by atoms with Crippen molar-refractivity contribution >= 4 is 35.3 Å². The third-order valence-corrected chi connectivity index (χ3v) is 5.69. The zero-order chi connectivity index (χ0) is 21.3. The van der Waals surface area contributed by atoms with Crippen LogP contribution in [0, 0.1) is 0 Å². The number of alkyl carbamates (subject to hydrolysis) is 1. The Balaban J connectivity index is 1.50. The molecule has 0 aromatic heterocycles. The fourth-order valence-electron chi connectivity index (χ4n) is 3.77. The highest BCUT2D eigenvalue weighted by Gasteiger charge is 2.30. The Morgan fingerprint density at radius 3 is 2.13 bits per heavy atom. The van der Waals surface area contributed by atoms with Gasteiger partial charge in [-0.2, -0.15) is 0 Å². The molecule has 0 bridgehead atoms. The summed E-state index contributed by atoms with van der Waals surface area (Å²) >= 11 is 12.0. The van der Waals surface area contributed by atoms with E-state index in [1.54, 1.807) is 0 Å². The summed E-state index contributed by atoms with van der Waals surface area (Å²) in [6.45, 7) is 0.0839. The standard InChI is InChI=1S/C23H17Cl2NO4/c24-13-9-10-18(20(25)11-13)21(22(27)28)26-23(29)30-12-19-16-7-3-1-5-14(16)15-6-2-4-8-17(15)19/h1-11,19,21H,12H2,(H,26,29)(H,27,28)/t21-/m0/s1. The maximum absolute atomic E-state index is 12.4. The number of carbonyl (C=O) groups is 2. The van der Waals surface area contributed by atoms with Gasteiger partial charge in [-0.05, 0) is 34.4 Å². The van der Waals surface area contributed by atoms with E-state index in [1.165, 1.54) is 18.2 Å². The van der Waals surface area contributed by atoms with Crippen molar-refractivity contribution in [1.82, 2.24) is 5.32 Å². The SMILES string of the molecule is O=C(N[C@H](C(=O)O)c1ccc(Cl)cc1Cl)OCC1c2ccccc2-c2ccccc21. The molecule has 0 saturated heterocycles. The summed E-state index contributed by atoms with van der Waals surface area (Å²) in [6, 6.07) is 19.0. The van der Waals surface area contributed by atoms with Crippen molar-refractivity contribution in [3.05, 3.63) is 93.5 Å². The normalized spacial score (nSPS) is 13.3. The zero-order valence-corrected chi connectivity index (χ0v) is 17.2. The van der Waals surface area contributed by atoms with Crippen LogP contribution in [0.1, 0.15) is 28.7 Å². The average molecular weight is 442 g/mol. The maximum atomic E-state index is 12.4. The Morgan fingerprint density at radius 1 is 0.967 bits per heavy atom. The van der Waals surface area contributed by atoms with Crippen molar-refractivity contribution in [3.63, 3.8) is 0 Å². The Morgan fingerprint density at radius 2 is 1.57 bits per heavy atom. The van der Waals surface area contributed by atoms with Gasteiger partial charge >= 0.3 is 12.1 Å². The molecule has 0 fully saturated rings. The highest BCUT2D eigenvalue weighted by atomic mass is 35.5. The fourth-order valence-corrected chi connectivity index (χ4v) is 4.28. The number of hydrogen-bond acceptors (Lipinski definition) is 3. The highest BCUT2D eigenvalue weighted by Crippen LogP contribution is 2.44. The molecule has 2 N–H and O–H groups in total. The van der Waals surface area contributed by atoms with Gasteiger partial charge in [-0.1, -0.05) is 77.8 Å². The van der Waals surface area contributed by atoms with Crippen LogP contribution in [0.2, 0.25) is 10.0 Å². The number of carboxylic acids is 1. The van der Waals surface area contributed by atoms with Gasteiger partial charge in [-0.3, -0.25) is 0 Å². The van der Waals surface area contributed by atoms with Crippen LogP contribution in [0.25, 0.3) is 11.1 Å². The predicted octanol–water partition coefficient (Wildman–Crippen LogP) is 5.66. The number of carbonyl (C=O) groups excluding carboxylic acids is 1. The molecule has 1 aliphatic carbocycles. The largest absolute Gasteiger partial charge is 0.479 e. The lowest BCUT2D eigenvalue weighted by Gasteiger charge is -2.18. The first-order valence-corrected chi connectivity index (χ1v) is 10.0. The van der Waals surface area contributed by atoms with Crippen molar-refractivity contribution in [2.75, 3.05) is 6.61 Å². The minimum absolute atomic E-state index is 0.0839. The van der Waals surface area contributed by atoms with Crippen molar-refractivity contribution in [1.29, 1.82) is 0 Å². The maximum Gasteiger partial charge on any atom is 0.408 e. The van der Waals surface area contributed by atoms with E-state index in [1.807, 2.05) is 48.5 Å². The van der Waals surface area contributed by atoms with Crippen molar-refractivity contribution in [3.8, 4) is 11.1 Å². The Bertz CT molecular complexity index is 1090. The van der Waals surface area contributed by atoms with Crippen LogP contribution in [0.5, 0.6) is 0 Å². The third-order valence-electron chi connectivity index (χ3n) is 5.13. The van der Waals surface area contributed by atoms with E-state index in [4.69, 9.17) is 27.9 Å². The number of halogens is 2. The van der Waals surface area contributed by atoms with E-state index in [2.05, 4.69) is 5.32 Å². The molecule has 1 atom stereocenters. The van der Waals surface area contributed by atoms with Crippen LogP contribution >= 0.6 is 23.2 Å². The number of nitrogens with one attached hydrogen (secondary N) is 1. The summed E-state index contributed by atoms with van der Waals surface area (Å²) in [6.07, 6.45) is -0.838. The van der Waals surface area contributed by atoms with Crippen LogP contribution in [-0.2, 0) is 9.53 Å². The fraction of sp³-hybridized carbons (Fsp3) is 0.130. The van der Waals surface area contributed by atoms with E-state index in [0.717, 1.165) is 22.3 Å². The minimum Gasteiger partial charge on any atom is -0.479 e. The molecule has 0 spiro atoms. The molecule has 1 amide bonds. The van der Waals surface area contributed by atoms with E-state index < -0.39 is 18.1 Å². The minimum atomic E-state index is -1.36. The lowest BCUT2D eigenvalue weighted by molar-refractivity contribution is -0.139. The molecule has 30 heavy (non-hydrogen) atoms. The summed E-state index contributed by atoms with van der Waals surface area (Å²) in [5, 5.41) is 12.4. The summed E-state index contributed by atoms with van der Waals surface area (Å²) in [4.78, 5) is 24.1. The van der Waals surface area contributed by atoms with E-state index in [-0.39, 0.29) is 23.1 Å². The Labute approximate surface area is 183 Å². The molecule has 0 saturated carbocycles. The second-order valence-corrected chi connectivity index (χ2v) is 7.75. The van der Waals surface area contributed by atoms with E-state index >= 15 is 0 Å². The van der Waals surface area contributed by atoms with Crippen LogP contribution < -0.4 is 5.32 Å². The summed E-state index contributed by atoms with van der Waals surface area (Å²) < 4.78 is 5.42. The monoisotopic (exact) mass is 441 g/mol. The lowest BCUT2D eigenvalue weighted by Crippen LogP contribution is -2.35. The first-order valence-electron chi connectivity index (χ1n) is 9.25. The smallest absolute Gasteiger partial charge is 0.408 e. The number of benzene rings is 3. The van der Waals surface area contributed by atoms with Crippen LogP contribution in [-0.4, -0.2) is 23.8 Å². The lowest BCUT2D eigenvalue weighted by atomic mass is 9.98. The summed E-state index contributed by atoms with van der Waals surface area (Å²) in [5.74, 6) is -1.38. The van der Waals surface area contributed by atoms with Gasteiger partial charge in [-0.25, -0.2) is 9.59 Å². The Kier molecular flexibility index (Phi) is 5.66. The molecule has 5 nitrogen and oxygen atoms in total. The molecule has 0 aliphatic heterocycles. The van der Waals surface area contributed by atoms with Gasteiger partial charge in [0, 0.05) is 21.5 Å². The van der Waals surface area contributed by atoms with Crippen molar-refractivity contribution in [2.24, 2.45) is 0 Å². The van der Waals surface area contributed by atoms with E-state index in [0.29, 0.717) is 5.02 Å². The second-order valence-electron chi connectivity index (χ2n) is 6.91. The average Bonchev–Trinajstić information content (AvgIpc) is 3.05. The Hall–Kier alpha value is -3.02. The summed E-state index contributed by atoms with van der Waals surface area (Å²) in [7, 11) is 0. The number of rotatable bonds is 5. The van der Waals surface area contributed by atoms with Gasteiger partial charge in [0.05, 0.1) is 0 Å². The van der Waals surface area contributed by atoms with Gasteiger partial charge in [-0.15, -0.1) is 0 Å². The molecular formula is C23H17Cl2NO4. The molecule has 0 radical (unpaired) electrons. The molecule has 0 unspecified atom stereocenters. The highest BCUT2D eigenvalue weighted by molar-refractivity contribution is 6.35. The topological polar surface area (TPSA) is 75.6 Å².